The van der Waals surface area contributed by atoms with Crippen molar-refractivity contribution in [2.45, 2.75) is 39.2 Å². The Hall–Kier alpha value is -2.91. The van der Waals surface area contributed by atoms with Crippen molar-refractivity contribution in [2.24, 2.45) is 5.92 Å². The fourth-order valence-corrected chi connectivity index (χ4v) is 3.27. The average Bonchev–Trinajstić information content (AvgIpc) is 3.51. The second-order valence-corrected chi connectivity index (χ2v) is 7.76. The summed E-state index contributed by atoms with van der Waals surface area (Å²) < 4.78 is 1.44. The lowest BCUT2D eigenvalue weighted by atomic mass is 10.1. The van der Waals surface area contributed by atoms with Crippen LogP contribution in [0.25, 0.3) is 11.0 Å². The molecule has 0 bridgehead atoms. The minimum atomic E-state index is -0.625. The van der Waals surface area contributed by atoms with Gasteiger partial charge < -0.3 is 11.1 Å². The van der Waals surface area contributed by atoms with Crippen molar-refractivity contribution in [1.29, 1.82) is 0 Å². The fourth-order valence-electron chi connectivity index (χ4n) is 3.27. The third-order valence-electron chi connectivity index (χ3n) is 4.80. The Labute approximate surface area is 190 Å². The Morgan fingerprint density at radius 3 is 2.58 bits per heavy atom. The zero-order valence-corrected chi connectivity index (χ0v) is 18.7. The van der Waals surface area contributed by atoms with Crippen molar-refractivity contribution in [3.05, 3.63) is 56.5 Å². The van der Waals surface area contributed by atoms with Gasteiger partial charge in [0.1, 0.15) is 5.82 Å². The van der Waals surface area contributed by atoms with E-state index in [1.807, 2.05) is 13.8 Å². The number of nitrogens with zero attached hydrogens (tertiary/aromatic N) is 3. The molecule has 4 N–H and O–H groups in total. The maximum absolute atomic E-state index is 13.0. The number of carbonyl (C=O) groups is 1. The summed E-state index contributed by atoms with van der Waals surface area (Å²) >= 11 is 0. The van der Waals surface area contributed by atoms with E-state index < -0.39 is 17.2 Å². The molecule has 0 aromatic carbocycles. The Balaban J connectivity index is 0.00000171. The van der Waals surface area contributed by atoms with Crippen molar-refractivity contribution >= 4 is 53.3 Å². The number of anilines is 2. The smallest absolute Gasteiger partial charge is 0.330 e. The first-order valence-electron chi connectivity index (χ1n) is 9.54. The molecule has 11 heteroatoms. The van der Waals surface area contributed by atoms with Crippen molar-refractivity contribution in [1.82, 2.24) is 19.5 Å². The molecule has 0 radical (unpaired) electrons. The molecule has 0 aliphatic heterocycles. The molecule has 31 heavy (non-hydrogen) atoms. The molecule has 3 heterocycles. The van der Waals surface area contributed by atoms with E-state index in [9.17, 15) is 14.4 Å². The van der Waals surface area contributed by atoms with Gasteiger partial charge in [-0.15, -0.1) is 24.8 Å². The number of fused-ring (bicyclic) bond motifs is 1. The molecule has 3 aromatic rings. The van der Waals surface area contributed by atoms with Gasteiger partial charge in [0, 0.05) is 18.2 Å². The van der Waals surface area contributed by atoms with Gasteiger partial charge in [-0.25, -0.2) is 14.8 Å². The summed E-state index contributed by atoms with van der Waals surface area (Å²) in [4.78, 5) is 49.0. The van der Waals surface area contributed by atoms with Crippen molar-refractivity contribution in [3.8, 4) is 0 Å². The zero-order chi connectivity index (χ0) is 20.7. The first-order chi connectivity index (χ1) is 13.8. The standard InChI is InChI=1S/C20H22N6O3.2ClH/c1-10(2)9-26-17-16(19(28)25-20(26)29)13(7-14(24-17)11-3-4-11)18(27)23-12-5-6-15(21)22-8-12;;/h5-8,10-11H,3-4,9H2,1-2H3,(H2,21,22)(H,23,27)(H,25,28,29);2*1H. The molecule has 3 aromatic heterocycles. The predicted octanol–water partition coefficient (Wildman–Crippen LogP) is 2.69. The normalized spacial score (nSPS) is 12.9. The summed E-state index contributed by atoms with van der Waals surface area (Å²) in [6.45, 7) is 4.32. The number of rotatable bonds is 5. The van der Waals surface area contributed by atoms with Crippen LogP contribution in [0.2, 0.25) is 0 Å². The number of aromatic amines is 1. The summed E-state index contributed by atoms with van der Waals surface area (Å²) in [5.74, 6) is 0.269. The van der Waals surface area contributed by atoms with E-state index in [0.29, 0.717) is 18.1 Å². The molecular weight excluding hydrogens is 443 g/mol. The molecular formula is C20H24Cl2N6O3. The van der Waals surface area contributed by atoms with Gasteiger partial charge in [-0.05, 0) is 37.0 Å². The summed E-state index contributed by atoms with van der Waals surface area (Å²) in [5.41, 5.74) is 6.05. The van der Waals surface area contributed by atoms with E-state index in [-0.39, 0.29) is 53.2 Å². The Bertz CT molecular complexity index is 1220. The van der Waals surface area contributed by atoms with Crippen LogP contribution in [0.1, 0.15) is 48.7 Å². The van der Waals surface area contributed by atoms with Crippen LogP contribution in [0.5, 0.6) is 0 Å². The van der Waals surface area contributed by atoms with Crippen LogP contribution in [-0.4, -0.2) is 25.4 Å². The monoisotopic (exact) mass is 466 g/mol. The van der Waals surface area contributed by atoms with Crippen LogP contribution in [0.3, 0.4) is 0 Å². The predicted molar refractivity (Wildman–Crippen MR) is 125 cm³/mol. The van der Waals surface area contributed by atoms with Gasteiger partial charge in [-0.1, -0.05) is 13.8 Å². The van der Waals surface area contributed by atoms with E-state index in [1.54, 1.807) is 18.2 Å². The van der Waals surface area contributed by atoms with Crippen LogP contribution in [0.15, 0.2) is 34.0 Å². The number of nitrogens with one attached hydrogen (secondary N) is 2. The zero-order valence-electron chi connectivity index (χ0n) is 17.0. The maximum Gasteiger partial charge on any atom is 0.330 e. The molecule has 1 aliphatic carbocycles. The topological polar surface area (TPSA) is 136 Å². The number of nitrogen functional groups attached to an aromatic ring is 1. The Morgan fingerprint density at radius 2 is 2.00 bits per heavy atom. The minimum Gasteiger partial charge on any atom is -0.384 e. The SMILES string of the molecule is CC(C)Cn1c(=O)[nH]c(=O)c2c(C(=O)Nc3ccc(N)nc3)cc(C3CC3)nc21.Cl.Cl. The Morgan fingerprint density at radius 1 is 1.29 bits per heavy atom. The maximum atomic E-state index is 13.0. The molecule has 0 spiro atoms. The van der Waals surface area contributed by atoms with Crippen molar-refractivity contribution < 1.29 is 4.79 Å². The quantitative estimate of drug-likeness (QED) is 0.528. The van der Waals surface area contributed by atoms with Gasteiger partial charge in [0.15, 0.2) is 5.65 Å². The molecule has 4 rings (SSSR count). The van der Waals surface area contributed by atoms with Gasteiger partial charge >= 0.3 is 5.69 Å². The molecule has 166 valence electrons. The highest BCUT2D eigenvalue weighted by molar-refractivity contribution is 6.11. The number of pyridine rings is 2. The number of amides is 1. The summed E-state index contributed by atoms with van der Waals surface area (Å²) in [7, 11) is 0. The first-order valence-corrected chi connectivity index (χ1v) is 9.54. The Kier molecular flexibility index (Phi) is 7.45. The van der Waals surface area contributed by atoms with Crippen LogP contribution >= 0.6 is 24.8 Å². The molecule has 1 saturated carbocycles. The number of nitrogens with two attached hydrogens (primary N) is 1. The van der Waals surface area contributed by atoms with Gasteiger partial charge in [0.2, 0.25) is 0 Å². The van der Waals surface area contributed by atoms with E-state index in [4.69, 9.17) is 5.73 Å². The summed E-state index contributed by atoms with van der Waals surface area (Å²) in [6, 6.07) is 4.85. The van der Waals surface area contributed by atoms with Crippen LogP contribution in [0.4, 0.5) is 11.5 Å². The lowest BCUT2D eigenvalue weighted by Gasteiger charge is -2.14. The highest BCUT2D eigenvalue weighted by Crippen LogP contribution is 2.40. The number of aromatic nitrogens is 4. The van der Waals surface area contributed by atoms with Gasteiger partial charge in [-0.2, -0.15) is 0 Å². The first kappa shape index (κ1) is 24.4. The number of H-pyrrole nitrogens is 1. The lowest BCUT2D eigenvalue weighted by Crippen LogP contribution is -2.33. The number of carbonyl (C=O) groups excluding carboxylic acids is 1. The van der Waals surface area contributed by atoms with Gasteiger partial charge in [-0.3, -0.25) is 19.1 Å². The lowest BCUT2D eigenvalue weighted by molar-refractivity contribution is 0.102. The van der Waals surface area contributed by atoms with Gasteiger partial charge in [0.25, 0.3) is 11.5 Å². The second-order valence-electron chi connectivity index (χ2n) is 7.76. The van der Waals surface area contributed by atoms with Crippen molar-refractivity contribution in [2.75, 3.05) is 11.1 Å². The molecule has 0 unspecified atom stereocenters. The van der Waals surface area contributed by atoms with Crippen LogP contribution < -0.4 is 22.3 Å². The number of hydrogen-bond acceptors (Lipinski definition) is 6. The fraction of sp³-hybridized carbons (Fsp3) is 0.350. The largest absolute Gasteiger partial charge is 0.384 e. The third kappa shape index (κ3) is 5.05. The number of halogens is 2. The van der Waals surface area contributed by atoms with Crippen molar-refractivity contribution in [3.63, 3.8) is 0 Å². The second kappa shape index (κ2) is 9.49. The third-order valence-corrected chi connectivity index (χ3v) is 4.80. The average molecular weight is 467 g/mol. The highest BCUT2D eigenvalue weighted by atomic mass is 35.5. The summed E-state index contributed by atoms with van der Waals surface area (Å²) in [6.07, 6.45) is 3.38. The molecule has 0 saturated heterocycles. The minimum absolute atomic E-state index is 0. The molecule has 1 amide bonds. The van der Waals surface area contributed by atoms with Gasteiger partial charge in [0.05, 0.1) is 22.8 Å². The molecule has 1 fully saturated rings. The highest BCUT2D eigenvalue weighted by Gasteiger charge is 2.29. The molecule has 9 nitrogen and oxygen atoms in total. The molecule has 0 atom stereocenters. The van der Waals surface area contributed by atoms with Crippen LogP contribution in [0, 0.1) is 5.92 Å². The van der Waals surface area contributed by atoms with E-state index >= 15 is 0 Å². The van der Waals surface area contributed by atoms with E-state index in [0.717, 1.165) is 18.5 Å². The van der Waals surface area contributed by atoms with Crippen LogP contribution in [-0.2, 0) is 6.54 Å². The van der Waals surface area contributed by atoms with E-state index in [2.05, 4.69) is 20.3 Å². The molecule has 1 aliphatic rings. The summed E-state index contributed by atoms with van der Waals surface area (Å²) in [5, 5.41) is 2.85. The number of hydrogen-bond donors (Lipinski definition) is 3. The van der Waals surface area contributed by atoms with E-state index in [1.165, 1.54) is 10.8 Å².